The average Bonchev–Trinajstić information content (AvgIpc) is 2.39. The molecule has 5 heteroatoms. The van der Waals surface area contributed by atoms with Crippen molar-refractivity contribution in [3.63, 3.8) is 0 Å². The summed E-state index contributed by atoms with van der Waals surface area (Å²) >= 11 is 0. The van der Waals surface area contributed by atoms with Crippen molar-refractivity contribution in [1.29, 1.82) is 0 Å². The predicted molar refractivity (Wildman–Crippen MR) is 81.1 cm³/mol. The molecule has 106 valence electrons. The van der Waals surface area contributed by atoms with Crippen LogP contribution >= 0.6 is 0 Å². The molecule has 0 unspecified atom stereocenters. The molecule has 0 radical (unpaired) electrons. The molecule has 0 aliphatic heterocycles. The van der Waals surface area contributed by atoms with Crippen molar-refractivity contribution in [3.05, 3.63) is 59.9 Å². The number of nitrogens with zero attached hydrogens (tertiary/aromatic N) is 1. The number of hydrogen-bond donors (Lipinski definition) is 1. The molecule has 0 aliphatic rings. The minimum atomic E-state index is -3.31. The first-order chi connectivity index (χ1) is 9.55. The van der Waals surface area contributed by atoms with Crippen molar-refractivity contribution in [1.82, 2.24) is 4.98 Å². The van der Waals surface area contributed by atoms with E-state index in [9.17, 15) is 8.42 Å². The molecule has 0 spiro atoms. The summed E-state index contributed by atoms with van der Waals surface area (Å²) in [4.78, 5) is 3.97. The Balaban J connectivity index is 1.88. The Morgan fingerprint density at radius 1 is 1.15 bits per heavy atom. The largest absolute Gasteiger partial charge is 0.282 e. The van der Waals surface area contributed by atoms with Gasteiger partial charge in [0.2, 0.25) is 10.0 Å². The molecule has 1 aromatic heterocycles. The van der Waals surface area contributed by atoms with Crippen LogP contribution < -0.4 is 4.72 Å². The van der Waals surface area contributed by atoms with Crippen molar-refractivity contribution in [2.45, 2.75) is 19.8 Å². The number of benzene rings is 1. The first kappa shape index (κ1) is 14.5. The zero-order valence-corrected chi connectivity index (χ0v) is 12.2. The molecular weight excluding hydrogens is 272 g/mol. The summed E-state index contributed by atoms with van der Waals surface area (Å²) in [5.41, 5.74) is 2.60. The highest BCUT2D eigenvalue weighted by Gasteiger charge is 2.10. The van der Waals surface area contributed by atoms with Gasteiger partial charge in [0.15, 0.2) is 0 Å². The zero-order chi connectivity index (χ0) is 14.4. The van der Waals surface area contributed by atoms with E-state index >= 15 is 0 Å². The van der Waals surface area contributed by atoms with Gasteiger partial charge in [-0.05, 0) is 37.0 Å². The van der Waals surface area contributed by atoms with Crippen LogP contribution in [0.3, 0.4) is 0 Å². The summed E-state index contributed by atoms with van der Waals surface area (Å²) in [7, 11) is -3.31. The topological polar surface area (TPSA) is 59.1 Å². The van der Waals surface area contributed by atoms with Crippen LogP contribution in [0.2, 0.25) is 0 Å². The second-order valence-corrected chi connectivity index (χ2v) is 6.60. The number of rotatable bonds is 6. The minimum Gasteiger partial charge on any atom is -0.282 e. The number of hydrogen-bond acceptors (Lipinski definition) is 3. The lowest BCUT2D eigenvalue weighted by Gasteiger charge is -2.08. The van der Waals surface area contributed by atoms with Crippen LogP contribution in [0.4, 0.5) is 5.69 Å². The third kappa shape index (κ3) is 4.66. The first-order valence-corrected chi connectivity index (χ1v) is 8.16. The maximum absolute atomic E-state index is 12.0. The van der Waals surface area contributed by atoms with Gasteiger partial charge in [-0.15, -0.1) is 0 Å². The van der Waals surface area contributed by atoms with E-state index in [4.69, 9.17) is 0 Å². The Labute approximate surface area is 119 Å². The summed E-state index contributed by atoms with van der Waals surface area (Å²) in [5, 5.41) is 0. The second-order valence-electron chi connectivity index (χ2n) is 4.76. The highest BCUT2D eigenvalue weighted by atomic mass is 32.2. The number of sulfonamides is 1. The summed E-state index contributed by atoms with van der Waals surface area (Å²) in [6.45, 7) is 1.88. The van der Waals surface area contributed by atoms with E-state index in [0.717, 1.165) is 17.5 Å². The van der Waals surface area contributed by atoms with Crippen molar-refractivity contribution in [2.24, 2.45) is 0 Å². The molecule has 2 rings (SSSR count). The lowest BCUT2D eigenvalue weighted by atomic mass is 10.1. The SMILES string of the molecule is Cc1cncc(NS(=O)(=O)CCCc2ccccc2)c1. The maximum Gasteiger partial charge on any atom is 0.232 e. The van der Waals surface area contributed by atoms with Crippen LogP contribution in [0.1, 0.15) is 17.5 Å². The van der Waals surface area contributed by atoms with Gasteiger partial charge < -0.3 is 0 Å². The van der Waals surface area contributed by atoms with Crippen LogP contribution in [0, 0.1) is 6.92 Å². The molecular formula is C15H18N2O2S. The second kappa shape index (κ2) is 6.52. The van der Waals surface area contributed by atoms with E-state index in [0.29, 0.717) is 12.1 Å². The monoisotopic (exact) mass is 290 g/mol. The summed E-state index contributed by atoms with van der Waals surface area (Å²) in [6, 6.07) is 11.6. The van der Waals surface area contributed by atoms with Gasteiger partial charge in [-0.1, -0.05) is 30.3 Å². The van der Waals surface area contributed by atoms with E-state index < -0.39 is 10.0 Å². The van der Waals surface area contributed by atoms with Gasteiger partial charge >= 0.3 is 0 Å². The first-order valence-electron chi connectivity index (χ1n) is 6.51. The fourth-order valence-corrected chi connectivity index (χ4v) is 3.05. The molecule has 4 nitrogen and oxygen atoms in total. The molecule has 1 heterocycles. The Hall–Kier alpha value is -1.88. The van der Waals surface area contributed by atoms with Crippen LogP contribution in [0.15, 0.2) is 48.8 Å². The fraction of sp³-hybridized carbons (Fsp3) is 0.267. The predicted octanol–water partition coefficient (Wildman–Crippen LogP) is 2.76. The molecule has 0 fully saturated rings. The molecule has 0 amide bonds. The number of pyridine rings is 1. The summed E-state index contributed by atoms with van der Waals surface area (Å²) in [5.74, 6) is 0.107. The Morgan fingerprint density at radius 2 is 1.90 bits per heavy atom. The standard InChI is InChI=1S/C15H18N2O2S/c1-13-10-15(12-16-11-13)17-20(18,19)9-5-8-14-6-3-2-4-7-14/h2-4,6-7,10-12,17H,5,8-9H2,1H3. The molecule has 0 atom stereocenters. The third-order valence-corrected chi connectivity index (χ3v) is 4.24. The Kier molecular flexibility index (Phi) is 4.74. The van der Waals surface area contributed by atoms with Crippen molar-refractivity contribution in [3.8, 4) is 0 Å². The normalized spacial score (nSPS) is 11.2. The van der Waals surface area contributed by atoms with Crippen molar-refractivity contribution in [2.75, 3.05) is 10.5 Å². The van der Waals surface area contributed by atoms with Gasteiger partial charge in [0, 0.05) is 6.20 Å². The Morgan fingerprint density at radius 3 is 2.60 bits per heavy atom. The van der Waals surface area contributed by atoms with Gasteiger partial charge in [-0.3, -0.25) is 9.71 Å². The third-order valence-electron chi connectivity index (χ3n) is 2.87. The van der Waals surface area contributed by atoms with Crippen LogP contribution in [0.25, 0.3) is 0 Å². The molecule has 2 aromatic rings. The average molecular weight is 290 g/mol. The highest BCUT2D eigenvalue weighted by Crippen LogP contribution is 2.11. The molecule has 0 bridgehead atoms. The molecule has 0 saturated heterocycles. The highest BCUT2D eigenvalue weighted by molar-refractivity contribution is 7.92. The van der Waals surface area contributed by atoms with Gasteiger partial charge in [-0.25, -0.2) is 8.42 Å². The van der Waals surface area contributed by atoms with Crippen LogP contribution in [0.5, 0.6) is 0 Å². The van der Waals surface area contributed by atoms with Crippen molar-refractivity contribution < 1.29 is 8.42 Å². The Bertz CT molecular complexity index is 655. The van der Waals surface area contributed by atoms with Gasteiger partial charge in [0.05, 0.1) is 17.6 Å². The van der Waals surface area contributed by atoms with E-state index in [1.54, 1.807) is 12.3 Å². The van der Waals surface area contributed by atoms with E-state index in [1.807, 2.05) is 37.3 Å². The van der Waals surface area contributed by atoms with Crippen LogP contribution in [-0.4, -0.2) is 19.2 Å². The quantitative estimate of drug-likeness (QED) is 0.890. The number of aromatic nitrogens is 1. The molecule has 0 saturated carbocycles. The number of anilines is 1. The molecule has 1 aromatic carbocycles. The molecule has 20 heavy (non-hydrogen) atoms. The number of aryl methyl sites for hydroxylation is 2. The maximum atomic E-state index is 12.0. The number of nitrogens with one attached hydrogen (secondary N) is 1. The lowest BCUT2D eigenvalue weighted by Crippen LogP contribution is -2.17. The zero-order valence-electron chi connectivity index (χ0n) is 11.4. The molecule has 1 N–H and O–H groups in total. The van der Waals surface area contributed by atoms with Crippen molar-refractivity contribution >= 4 is 15.7 Å². The van der Waals surface area contributed by atoms with Gasteiger partial charge in [-0.2, -0.15) is 0 Å². The minimum absolute atomic E-state index is 0.107. The van der Waals surface area contributed by atoms with E-state index in [-0.39, 0.29) is 5.75 Å². The molecule has 0 aliphatic carbocycles. The van der Waals surface area contributed by atoms with Gasteiger partial charge in [0.1, 0.15) is 0 Å². The smallest absolute Gasteiger partial charge is 0.232 e. The summed E-state index contributed by atoms with van der Waals surface area (Å²) in [6.07, 6.45) is 4.56. The lowest BCUT2D eigenvalue weighted by molar-refractivity contribution is 0.598. The van der Waals surface area contributed by atoms with Gasteiger partial charge in [0.25, 0.3) is 0 Å². The fourth-order valence-electron chi connectivity index (χ4n) is 1.95. The summed E-state index contributed by atoms with van der Waals surface area (Å²) < 4.78 is 26.5. The van der Waals surface area contributed by atoms with E-state index in [1.165, 1.54) is 6.20 Å². The van der Waals surface area contributed by atoms with Crippen LogP contribution in [-0.2, 0) is 16.4 Å². The van der Waals surface area contributed by atoms with E-state index in [2.05, 4.69) is 9.71 Å².